The molecule has 0 aliphatic rings. The van der Waals surface area contributed by atoms with Crippen molar-refractivity contribution in [2.45, 2.75) is 4.21 Å². The fourth-order valence-electron chi connectivity index (χ4n) is 1.43. The first-order valence-corrected chi connectivity index (χ1v) is 8.75. The maximum atomic E-state index is 13.2. The molecule has 0 bridgehead atoms. The number of hydrogen-bond donors (Lipinski definition) is 1. The van der Waals surface area contributed by atoms with Gasteiger partial charge in [-0.3, -0.25) is 0 Å². The molecule has 0 fully saturated rings. The molecule has 1 N–H and O–H groups in total. The first kappa shape index (κ1) is 16.8. The Morgan fingerprint density at radius 2 is 2.00 bits per heavy atom. The van der Waals surface area contributed by atoms with Crippen molar-refractivity contribution in [1.29, 1.82) is 0 Å². The zero-order valence-electron chi connectivity index (χ0n) is 11.2. The summed E-state index contributed by atoms with van der Waals surface area (Å²) < 4.78 is 44.9. The Bertz CT molecular complexity index is 809. The van der Waals surface area contributed by atoms with E-state index in [1.807, 2.05) is 0 Å². The van der Waals surface area contributed by atoms with Gasteiger partial charge < -0.3 is 4.74 Å². The molecular weight excluding hydrogens is 349 g/mol. The topological polar surface area (TPSA) is 55.4 Å². The average Bonchev–Trinajstić information content (AvgIpc) is 2.92. The third-order valence-electron chi connectivity index (χ3n) is 2.43. The van der Waals surface area contributed by atoms with E-state index in [1.165, 1.54) is 24.3 Å². The lowest BCUT2D eigenvalue weighted by atomic mass is 10.3. The summed E-state index contributed by atoms with van der Waals surface area (Å²) in [4.78, 5) is 0. The maximum Gasteiger partial charge on any atom is 0.250 e. The molecule has 8 heteroatoms. The van der Waals surface area contributed by atoms with Gasteiger partial charge in [-0.15, -0.1) is 11.3 Å². The van der Waals surface area contributed by atoms with Crippen LogP contribution in [0.5, 0.6) is 5.75 Å². The molecular formula is C14H11ClFNO3S2. The van der Waals surface area contributed by atoms with Crippen LogP contribution in [0.25, 0.3) is 0 Å². The van der Waals surface area contributed by atoms with Crippen LogP contribution < -0.4 is 9.46 Å². The molecule has 1 aromatic carbocycles. The molecule has 2 rings (SSSR count). The highest BCUT2D eigenvalue weighted by Crippen LogP contribution is 2.25. The van der Waals surface area contributed by atoms with Crippen LogP contribution in [0.1, 0.15) is 0 Å². The predicted molar refractivity (Wildman–Crippen MR) is 84.2 cm³/mol. The van der Waals surface area contributed by atoms with Gasteiger partial charge >= 0.3 is 0 Å². The Kier molecular flexibility index (Phi) is 5.80. The SMILES string of the molecule is O=S(=O)(NCC#CCOc1ccccc1F)c1ccc(Cl)s1. The van der Waals surface area contributed by atoms with Crippen molar-refractivity contribution in [3.05, 3.63) is 46.6 Å². The summed E-state index contributed by atoms with van der Waals surface area (Å²) in [6, 6.07) is 8.90. The summed E-state index contributed by atoms with van der Waals surface area (Å²) >= 11 is 6.65. The molecule has 2 aromatic rings. The molecule has 0 saturated carbocycles. The summed E-state index contributed by atoms with van der Waals surface area (Å²) in [5, 5.41) is 0. The molecule has 0 spiro atoms. The van der Waals surface area contributed by atoms with Gasteiger partial charge in [0, 0.05) is 0 Å². The van der Waals surface area contributed by atoms with Crippen molar-refractivity contribution in [3.63, 3.8) is 0 Å². The van der Waals surface area contributed by atoms with Crippen molar-refractivity contribution < 1.29 is 17.5 Å². The molecule has 1 heterocycles. The van der Waals surface area contributed by atoms with Gasteiger partial charge in [0.1, 0.15) is 10.8 Å². The fraction of sp³-hybridized carbons (Fsp3) is 0.143. The van der Waals surface area contributed by atoms with Gasteiger partial charge in [-0.05, 0) is 24.3 Å². The van der Waals surface area contributed by atoms with E-state index in [4.69, 9.17) is 16.3 Å². The molecule has 1 aromatic heterocycles. The van der Waals surface area contributed by atoms with E-state index < -0.39 is 15.8 Å². The van der Waals surface area contributed by atoms with Crippen LogP contribution >= 0.6 is 22.9 Å². The number of ether oxygens (including phenoxy) is 1. The van der Waals surface area contributed by atoms with E-state index in [9.17, 15) is 12.8 Å². The van der Waals surface area contributed by atoms with E-state index in [-0.39, 0.29) is 23.1 Å². The Balaban J connectivity index is 1.81. The second kappa shape index (κ2) is 7.61. The number of nitrogens with one attached hydrogen (secondary N) is 1. The standard InChI is InChI=1S/C14H11ClFNO3S2/c15-13-7-8-14(21-13)22(18,19)17-9-3-4-10-20-12-6-2-1-5-11(12)16/h1-2,5-8,17H,9-10H2. The number of para-hydroxylation sites is 1. The summed E-state index contributed by atoms with van der Waals surface area (Å²) in [5.41, 5.74) is 0. The molecule has 0 amide bonds. The normalized spacial score (nSPS) is 10.8. The lowest BCUT2D eigenvalue weighted by Crippen LogP contribution is -2.23. The molecule has 116 valence electrons. The Morgan fingerprint density at radius 1 is 1.23 bits per heavy atom. The van der Waals surface area contributed by atoms with Crippen molar-refractivity contribution in [2.24, 2.45) is 0 Å². The van der Waals surface area contributed by atoms with E-state index in [1.54, 1.807) is 12.1 Å². The number of hydrogen-bond acceptors (Lipinski definition) is 4. The van der Waals surface area contributed by atoms with Gasteiger partial charge in [0.25, 0.3) is 10.0 Å². The van der Waals surface area contributed by atoms with E-state index >= 15 is 0 Å². The number of rotatable bonds is 5. The summed E-state index contributed by atoms with van der Waals surface area (Å²) in [6.45, 7) is -0.105. The highest BCUT2D eigenvalue weighted by molar-refractivity contribution is 7.91. The third kappa shape index (κ3) is 4.71. The lowest BCUT2D eigenvalue weighted by Gasteiger charge is -2.02. The molecule has 0 saturated heterocycles. The summed E-state index contributed by atoms with van der Waals surface area (Å²) in [5.74, 6) is 4.82. The van der Waals surface area contributed by atoms with E-state index in [0.29, 0.717) is 4.34 Å². The smallest absolute Gasteiger partial charge is 0.250 e. The van der Waals surface area contributed by atoms with Crippen LogP contribution in [0.4, 0.5) is 4.39 Å². The fourth-order valence-corrected chi connectivity index (χ4v) is 3.88. The average molecular weight is 360 g/mol. The molecule has 0 unspecified atom stereocenters. The first-order chi connectivity index (χ1) is 10.5. The van der Waals surface area contributed by atoms with Crippen molar-refractivity contribution in [1.82, 2.24) is 4.72 Å². The Morgan fingerprint density at radius 3 is 2.68 bits per heavy atom. The monoisotopic (exact) mass is 359 g/mol. The molecule has 0 aliphatic carbocycles. The van der Waals surface area contributed by atoms with Crippen molar-refractivity contribution in [2.75, 3.05) is 13.2 Å². The zero-order valence-corrected chi connectivity index (χ0v) is 13.6. The van der Waals surface area contributed by atoms with Crippen LogP contribution in [-0.4, -0.2) is 21.6 Å². The minimum atomic E-state index is -3.60. The number of sulfonamides is 1. The van der Waals surface area contributed by atoms with Gasteiger partial charge in [0.05, 0.1) is 10.9 Å². The molecule has 0 radical (unpaired) electrons. The van der Waals surface area contributed by atoms with Crippen LogP contribution in [-0.2, 0) is 10.0 Å². The Hall–Kier alpha value is -1.59. The van der Waals surface area contributed by atoms with Gasteiger partial charge in [-0.2, -0.15) is 4.72 Å². The van der Waals surface area contributed by atoms with Crippen molar-refractivity contribution in [3.8, 4) is 17.6 Å². The minimum Gasteiger partial charge on any atom is -0.478 e. The van der Waals surface area contributed by atoms with Gasteiger partial charge in [-0.25, -0.2) is 12.8 Å². The molecule has 0 atom stereocenters. The van der Waals surface area contributed by atoms with Crippen LogP contribution in [0, 0.1) is 17.7 Å². The number of benzene rings is 1. The molecule has 0 aliphatic heterocycles. The lowest BCUT2D eigenvalue weighted by molar-refractivity contribution is 0.348. The Labute approximate surface area is 136 Å². The van der Waals surface area contributed by atoms with Gasteiger partial charge in [0.2, 0.25) is 0 Å². The van der Waals surface area contributed by atoms with Crippen molar-refractivity contribution >= 4 is 33.0 Å². The van der Waals surface area contributed by atoms with E-state index in [0.717, 1.165) is 11.3 Å². The van der Waals surface area contributed by atoms with Crippen LogP contribution in [0.3, 0.4) is 0 Å². The maximum absolute atomic E-state index is 13.2. The number of thiophene rings is 1. The van der Waals surface area contributed by atoms with Gasteiger partial charge in [-0.1, -0.05) is 35.6 Å². The van der Waals surface area contributed by atoms with Crippen LogP contribution in [0.2, 0.25) is 4.34 Å². The highest BCUT2D eigenvalue weighted by atomic mass is 35.5. The number of halogens is 2. The summed E-state index contributed by atoms with van der Waals surface area (Å²) in [6.07, 6.45) is 0. The van der Waals surface area contributed by atoms with E-state index in [2.05, 4.69) is 16.6 Å². The molecule has 4 nitrogen and oxygen atoms in total. The largest absolute Gasteiger partial charge is 0.478 e. The molecule has 22 heavy (non-hydrogen) atoms. The second-order valence-corrected chi connectivity index (χ2v) is 7.66. The second-order valence-electron chi connectivity index (χ2n) is 3.96. The van der Waals surface area contributed by atoms with Gasteiger partial charge in [0.15, 0.2) is 11.6 Å². The zero-order chi connectivity index (χ0) is 16.0. The minimum absolute atomic E-state index is 0.0342. The summed E-state index contributed by atoms with van der Waals surface area (Å²) in [7, 11) is -3.60. The predicted octanol–water partition coefficient (Wildman–Crippen LogP) is 2.90. The van der Waals surface area contributed by atoms with Crippen LogP contribution in [0.15, 0.2) is 40.6 Å². The highest BCUT2D eigenvalue weighted by Gasteiger charge is 2.15. The first-order valence-electron chi connectivity index (χ1n) is 6.07. The third-order valence-corrected chi connectivity index (χ3v) is 5.55. The quantitative estimate of drug-likeness (QED) is 0.835.